The zero-order valence-electron chi connectivity index (χ0n) is 14.2. The predicted molar refractivity (Wildman–Crippen MR) is 99.3 cm³/mol. The maximum atomic E-state index is 5.57. The van der Waals surface area contributed by atoms with Crippen LogP contribution in [0.3, 0.4) is 0 Å². The molecule has 0 radical (unpaired) electrons. The number of pyridine rings is 1. The van der Waals surface area contributed by atoms with Crippen LogP contribution in [0.25, 0.3) is 22.2 Å². The summed E-state index contributed by atoms with van der Waals surface area (Å²) < 4.78 is 11.0. The van der Waals surface area contributed by atoms with Gasteiger partial charge >= 0.3 is 0 Å². The Morgan fingerprint density at radius 1 is 1.04 bits per heavy atom. The van der Waals surface area contributed by atoms with E-state index in [9.17, 15) is 0 Å². The van der Waals surface area contributed by atoms with E-state index in [0.717, 1.165) is 34.8 Å². The molecule has 25 heavy (non-hydrogen) atoms. The molecule has 0 N–H and O–H groups in total. The summed E-state index contributed by atoms with van der Waals surface area (Å²) in [5.74, 6) is 1.61. The number of anilines is 1. The minimum absolute atomic E-state index is 0.292. The lowest BCUT2D eigenvalue weighted by atomic mass is 10.1. The van der Waals surface area contributed by atoms with Gasteiger partial charge in [0.25, 0.3) is 0 Å². The summed E-state index contributed by atoms with van der Waals surface area (Å²) in [5, 5.41) is 1.18. The molecule has 2 aromatic carbocycles. The maximum absolute atomic E-state index is 5.57. The zero-order valence-corrected chi connectivity index (χ0v) is 14.2. The average Bonchev–Trinajstić information content (AvgIpc) is 3.28. The molecular formula is C21H20N2O2. The maximum Gasteiger partial charge on any atom is 0.231 e. The summed E-state index contributed by atoms with van der Waals surface area (Å²) in [7, 11) is 0. The van der Waals surface area contributed by atoms with Crippen LogP contribution in [0.15, 0.2) is 48.5 Å². The van der Waals surface area contributed by atoms with E-state index >= 15 is 0 Å². The number of nitrogens with zero attached hydrogens (tertiary/aromatic N) is 2. The van der Waals surface area contributed by atoms with Crippen molar-refractivity contribution in [2.75, 3.05) is 18.2 Å². The number of ether oxygens (including phenoxy) is 2. The van der Waals surface area contributed by atoms with Crippen molar-refractivity contribution in [3.8, 4) is 22.8 Å². The third-order valence-corrected chi connectivity index (χ3v) is 5.21. The molecule has 1 atom stereocenters. The standard InChI is InChI=1S/C21H20N2O2/c1-14-5-4-10-23(14)18-11-15-6-2-3-7-17(15)22-21(18)16-8-9-19-20(12-16)25-13-24-19/h2-3,6-9,11-12,14H,4-5,10,13H2,1H3/t14-/m0/s1. The fourth-order valence-corrected chi connectivity index (χ4v) is 3.87. The minimum atomic E-state index is 0.292. The van der Waals surface area contributed by atoms with Crippen molar-refractivity contribution in [3.05, 3.63) is 48.5 Å². The number of rotatable bonds is 2. The van der Waals surface area contributed by atoms with E-state index in [-0.39, 0.29) is 0 Å². The molecule has 4 nitrogen and oxygen atoms in total. The third-order valence-electron chi connectivity index (χ3n) is 5.21. The summed E-state index contributed by atoms with van der Waals surface area (Å²) >= 11 is 0. The highest BCUT2D eigenvalue weighted by Crippen LogP contribution is 2.40. The monoisotopic (exact) mass is 332 g/mol. The topological polar surface area (TPSA) is 34.6 Å². The highest BCUT2D eigenvalue weighted by atomic mass is 16.7. The Labute approximate surface area is 147 Å². The molecule has 126 valence electrons. The lowest BCUT2D eigenvalue weighted by Crippen LogP contribution is -2.27. The quantitative estimate of drug-likeness (QED) is 0.686. The van der Waals surface area contributed by atoms with Crippen LogP contribution in [-0.2, 0) is 0 Å². The van der Waals surface area contributed by atoms with E-state index in [1.807, 2.05) is 18.2 Å². The van der Waals surface area contributed by atoms with Gasteiger partial charge in [-0.25, -0.2) is 4.98 Å². The third kappa shape index (κ3) is 2.40. The van der Waals surface area contributed by atoms with Gasteiger partial charge in [0.1, 0.15) is 0 Å². The van der Waals surface area contributed by atoms with Crippen molar-refractivity contribution in [2.45, 2.75) is 25.8 Å². The second-order valence-corrected chi connectivity index (χ2v) is 6.80. The highest BCUT2D eigenvalue weighted by molar-refractivity contribution is 5.90. The first-order valence-electron chi connectivity index (χ1n) is 8.86. The average molecular weight is 332 g/mol. The van der Waals surface area contributed by atoms with Crippen LogP contribution in [0.5, 0.6) is 11.5 Å². The lowest BCUT2D eigenvalue weighted by molar-refractivity contribution is 0.174. The Morgan fingerprint density at radius 2 is 1.92 bits per heavy atom. The Kier molecular flexibility index (Phi) is 3.30. The molecule has 0 saturated carbocycles. The van der Waals surface area contributed by atoms with Gasteiger partial charge in [0.2, 0.25) is 6.79 Å². The number of fused-ring (bicyclic) bond motifs is 2. The summed E-state index contributed by atoms with van der Waals surface area (Å²) in [6, 6.07) is 17.2. The number of hydrogen-bond donors (Lipinski definition) is 0. The van der Waals surface area contributed by atoms with Gasteiger partial charge in [-0.15, -0.1) is 0 Å². The van der Waals surface area contributed by atoms with E-state index in [4.69, 9.17) is 14.5 Å². The van der Waals surface area contributed by atoms with Crippen molar-refractivity contribution in [1.82, 2.24) is 4.98 Å². The second kappa shape index (κ2) is 5.66. The van der Waals surface area contributed by atoms with Gasteiger partial charge in [-0.3, -0.25) is 0 Å². The SMILES string of the molecule is C[C@H]1CCCN1c1cc2ccccc2nc1-c1ccc2c(c1)OCO2. The molecule has 2 aliphatic rings. The Hall–Kier alpha value is -2.75. The number of benzene rings is 2. The van der Waals surface area contributed by atoms with Crippen molar-refractivity contribution in [1.29, 1.82) is 0 Å². The smallest absolute Gasteiger partial charge is 0.231 e. The molecular weight excluding hydrogens is 312 g/mol. The molecule has 0 bridgehead atoms. The van der Waals surface area contributed by atoms with Gasteiger partial charge in [0, 0.05) is 23.5 Å². The van der Waals surface area contributed by atoms with Gasteiger partial charge in [-0.05, 0) is 50.1 Å². The fraction of sp³-hybridized carbons (Fsp3) is 0.286. The van der Waals surface area contributed by atoms with Gasteiger partial charge in [0.05, 0.1) is 16.9 Å². The first kappa shape index (κ1) is 14.6. The Balaban J connectivity index is 1.72. The molecule has 0 amide bonds. The molecule has 1 fully saturated rings. The molecule has 5 rings (SSSR count). The second-order valence-electron chi connectivity index (χ2n) is 6.80. The zero-order chi connectivity index (χ0) is 16.8. The van der Waals surface area contributed by atoms with Gasteiger partial charge < -0.3 is 14.4 Å². The van der Waals surface area contributed by atoms with E-state index in [1.54, 1.807) is 0 Å². The number of para-hydroxylation sites is 1. The van der Waals surface area contributed by atoms with Gasteiger partial charge in [0.15, 0.2) is 11.5 Å². The van der Waals surface area contributed by atoms with E-state index in [0.29, 0.717) is 12.8 Å². The van der Waals surface area contributed by atoms with Crippen molar-refractivity contribution >= 4 is 16.6 Å². The summed E-state index contributed by atoms with van der Waals surface area (Å²) in [5.41, 5.74) is 4.32. The fourth-order valence-electron chi connectivity index (χ4n) is 3.87. The van der Waals surface area contributed by atoms with Crippen LogP contribution >= 0.6 is 0 Å². The van der Waals surface area contributed by atoms with E-state index < -0.39 is 0 Å². The first-order chi connectivity index (χ1) is 12.3. The van der Waals surface area contributed by atoms with Crippen LogP contribution < -0.4 is 14.4 Å². The van der Waals surface area contributed by atoms with Crippen LogP contribution in [0.2, 0.25) is 0 Å². The molecule has 3 heterocycles. The molecule has 2 aliphatic heterocycles. The minimum Gasteiger partial charge on any atom is -0.454 e. The largest absolute Gasteiger partial charge is 0.454 e. The normalized spacial score (nSPS) is 18.9. The van der Waals surface area contributed by atoms with Crippen molar-refractivity contribution in [3.63, 3.8) is 0 Å². The van der Waals surface area contributed by atoms with Crippen LogP contribution in [0.1, 0.15) is 19.8 Å². The number of hydrogen-bond acceptors (Lipinski definition) is 4. The predicted octanol–water partition coefficient (Wildman–Crippen LogP) is 4.62. The first-order valence-corrected chi connectivity index (χ1v) is 8.86. The van der Waals surface area contributed by atoms with Crippen LogP contribution in [0.4, 0.5) is 5.69 Å². The summed E-state index contributed by atoms with van der Waals surface area (Å²) in [6.07, 6.45) is 2.46. The van der Waals surface area contributed by atoms with Gasteiger partial charge in [-0.1, -0.05) is 18.2 Å². The molecule has 4 heteroatoms. The molecule has 0 aliphatic carbocycles. The van der Waals surface area contributed by atoms with E-state index in [2.05, 4.69) is 42.2 Å². The lowest BCUT2D eigenvalue weighted by Gasteiger charge is -2.26. The summed E-state index contributed by atoms with van der Waals surface area (Å²) in [4.78, 5) is 7.50. The summed E-state index contributed by atoms with van der Waals surface area (Å²) in [6.45, 7) is 3.67. The Bertz CT molecular complexity index is 954. The van der Waals surface area contributed by atoms with Crippen molar-refractivity contribution < 1.29 is 9.47 Å². The molecule has 1 aromatic heterocycles. The molecule has 3 aromatic rings. The number of aromatic nitrogens is 1. The van der Waals surface area contributed by atoms with Crippen LogP contribution in [0, 0.1) is 0 Å². The van der Waals surface area contributed by atoms with E-state index in [1.165, 1.54) is 23.9 Å². The molecule has 1 saturated heterocycles. The highest BCUT2D eigenvalue weighted by Gasteiger charge is 2.25. The van der Waals surface area contributed by atoms with Gasteiger partial charge in [-0.2, -0.15) is 0 Å². The Morgan fingerprint density at radius 3 is 2.80 bits per heavy atom. The van der Waals surface area contributed by atoms with Crippen molar-refractivity contribution in [2.24, 2.45) is 0 Å². The molecule has 0 unspecified atom stereocenters. The van der Waals surface area contributed by atoms with Crippen LogP contribution in [-0.4, -0.2) is 24.4 Å². The molecule has 0 spiro atoms.